The number of aryl methyl sites for hydroxylation is 1. The molecule has 8 nitrogen and oxygen atoms in total. The smallest absolute Gasteiger partial charge is 0.302 e. The number of rotatable bonds is 6. The van der Waals surface area contributed by atoms with Gasteiger partial charge in [-0.2, -0.15) is 0 Å². The van der Waals surface area contributed by atoms with Gasteiger partial charge in [0, 0.05) is 5.56 Å². The van der Waals surface area contributed by atoms with E-state index in [1.54, 1.807) is 49.4 Å². The Hall–Kier alpha value is -4.33. The van der Waals surface area contributed by atoms with Crippen molar-refractivity contribution in [2.45, 2.75) is 26.8 Å². The third-order valence-corrected chi connectivity index (χ3v) is 5.77. The van der Waals surface area contributed by atoms with Crippen LogP contribution in [0.15, 0.2) is 70.7 Å². The summed E-state index contributed by atoms with van der Waals surface area (Å²) < 4.78 is 11.6. The summed E-state index contributed by atoms with van der Waals surface area (Å²) in [6.07, 6.45) is 0. The lowest BCUT2D eigenvalue weighted by Crippen LogP contribution is -2.30. The van der Waals surface area contributed by atoms with E-state index >= 15 is 0 Å². The van der Waals surface area contributed by atoms with Crippen LogP contribution in [0.25, 0.3) is 16.8 Å². The summed E-state index contributed by atoms with van der Waals surface area (Å²) in [5, 5.41) is 11.3. The molecule has 178 valence electrons. The minimum atomic E-state index is -0.996. The molecule has 1 atom stereocenters. The molecule has 0 bridgehead atoms. The fourth-order valence-electron chi connectivity index (χ4n) is 4.13. The number of anilines is 1. The van der Waals surface area contributed by atoms with E-state index in [0.29, 0.717) is 46.4 Å². The molecule has 1 aliphatic rings. The lowest BCUT2D eigenvalue weighted by molar-refractivity contribution is -0.132. The molecule has 35 heavy (non-hydrogen) atoms. The highest BCUT2D eigenvalue weighted by atomic mass is 16.5. The summed E-state index contributed by atoms with van der Waals surface area (Å²) in [5.41, 5.74) is 1.65. The molecule has 3 heterocycles. The molecule has 8 heteroatoms. The molecule has 2 aromatic heterocycles. The van der Waals surface area contributed by atoms with E-state index in [1.807, 2.05) is 32.0 Å². The number of aromatic amines is 1. The molecule has 5 rings (SSSR count). The van der Waals surface area contributed by atoms with Crippen LogP contribution >= 0.6 is 0 Å². The number of nitrogens with zero attached hydrogens (tertiary/aromatic N) is 2. The number of nitrogens with one attached hydrogen (secondary N) is 1. The van der Waals surface area contributed by atoms with Crippen molar-refractivity contribution in [3.8, 4) is 5.75 Å². The first-order valence-electron chi connectivity index (χ1n) is 11.4. The number of amides is 1. The molecule has 2 aromatic carbocycles. The second-order valence-electron chi connectivity index (χ2n) is 8.93. The fraction of sp³-hybridized carbons (Fsp3) is 0.222. The van der Waals surface area contributed by atoms with Crippen molar-refractivity contribution in [2.24, 2.45) is 5.92 Å². The van der Waals surface area contributed by atoms with Crippen LogP contribution in [-0.2, 0) is 9.59 Å². The zero-order valence-electron chi connectivity index (χ0n) is 19.6. The number of carbonyl (C=O) groups excluding carboxylic acids is 2. The molecule has 1 saturated heterocycles. The number of ether oxygens (including phenoxy) is 1. The number of Topliss-reactive ketones (excluding diaryl/α,β-unsaturated/α-hetero) is 1. The molecule has 1 fully saturated rings. The van der Waals surface area contributed by atoms with Crippen LogP contribution in [0.1, 0.15) is 37.0 Å². The van der Waals surface area contributed by atoms with Gasteiger partial charge >= 0.3 is 5.91 Å². The Balaban J connectivity index is 1.64. The molecule has 2 N–H and O–H groups in total. The number of hydrogen-bond acceptors (Lipinski definition) is 6. The van der Waals surface area contributed by atoms with Gasteiger partial charge in [0.2, 0.25) is 5.95 Å². The van der Waals surface area contributed by atoms with Crippen LogP contribution in [0, 0.1) is 12.8 Å². The SMILES string of the molecule is Cc1ccc(C2/C(=C(\O)c3cccc(OCC(C)C)c3)C(=O)C(=O)N2c2nc3ccccc3[nH]2)o1. The Morgan fingerprint density at radius 2 is 1.94 bits per heavy atom. The fourth-order valence-corrected chi connectivity index (χ4v) is 4.13. The van der Waals surface area contributed by atoms with E-state index in [4.69, 9.17) is 9.15 Å². The molecule has 1 amide bonds. The molecule has 0 saturated carbocycles. The maximum Gasteiger partial charge on any atom is 0.302 e. The van der Waals surface area contributed by atoms with Crippen LogP contribution in [0.3, 0.4) is 0 Å². The maximum absolute atomic E-state index is 13.3. The van der Waals surface area contributed by atoms with Gasteiger partial charge in [0.15, 0.2) is 0 Å². The maximum atomic E-state index is 13.3. The largest absolute Gasteiger partial charge is 0.507 e. The number of aliphatic hydroxyl groups excluding tert-OH is 1. The predicted molar refractivity (Wildman–Crippen MR) is 131 cm³/mol. The molecular formula is C27H25N3O5. The second-order valence-corrected chi connectivity index (χ2v) is 8.93. The Morgan fingerprint density at radius 3 is 2.66 bits per heavy atom. The summed E-state index contributed by atoms with van der Waals surface area (Å²) in [6.45, 7) is 6.35. The third kappa shape index (κ3) is 4.07. The number of furan rings is 1. The number of hydrogen-bond donors (Lipinski definition) is 2. The lowest BCUT2D eigenvalue weighted by Gasteiger charge is -2.20. The van der Waals surface area contributed by atoms with Gasteiger partial charge < -0.3 is 19.2 Å². The quantitative estimate of drug-likeness (QED) is 0.229. The van der Waals surface area contributed by atoms with Crippen molar-refractivity contribution in [2.75, 3.05) is 11.5 Å². The average Bonchev–Trinajstić information content (AvgIpc) is 3.53. The summed E-state index contributed by atoms with van der Waals surface area (Å²) >= 11 is 0. The highest BCUT2D eigenvalue weighted by Gasteiger charge is 2.49. The molecular weight excluding hydrogens is 446 g/mol. The topological polar surface area (TPSA) is 109 Å². The number of imidazole rings is 1. The minimum absolute atomic E-state index is 0.0779. The summed E-state index contributed by atoms with van der Waals surface area (Å²) in [7, 11) is 0. The van der Waals surface area contributed by atoms with Crippen molar-refractivity contribution in [3.63, 3.8) is 0 Å². The van der Waals surface area contributed by atoms with Crippen LogP contribution in [0.5, 0.6) is 5.75 Å². The van der Waals surface area contributed by atoms with Crippen LogP contribution in [0.2, 0.25) is 0 Å². The number of fused-ring (bicyclic) bond motifs is 1. The van der Waals surface area contributed by atoms with Crippen molar-refractivity contribution in [1.82, 2.24) is 9.97 Å². The summed E-state index contributed by atoms with van der Waals surface area (Å²) in [4.78, 5) is 35.4. The zero-order chi connectivity index (χ0) is 24.7. The molecule has 0 radical (unpaired) electrons. The first kappa shape index (κ1) is 22.5. The van der Waals surface area contributed by atoms with Gasteiger partial charge in [0.25, 0.3) is 5.78 Å². The van der Waals surface area contributed by atoms with Crippen LogP contribution in [0.4, 0.5) is 5.95 Å². The van der Waals surface area contributed by atoms with Crippen molar-refractivity contribution < 1.29 is 23.8 Å². The predicted octanol–water partition coefficient (Wildman–Crippen LogP) is 5.13. The number of aromatic nitrogens is 2. The Kier molecular flexibility index (Phi) is 5.64. The van der Waals surface area contributed by atoms with Crippen molar-refractivity contribution in [3.05, 3.63) is 83.3 Å². The standard InChI is InChI=1S/C27H25N3O5/c1-15(2)14-34-18-8-6-7-17(13-18)24(31)22-23(21-12-11-16(3)35-21)30(26(33)25(22)32)27-28-19-9-4-5-10-20(19)29-27/h4-13,15,23,31H,14H2,1-3H3,(H,28,29)/b24-22+. The Labute approximate surface area is 201 Å². The van der Waals surface area contributed by atoms with E-state index in [-0.39, 0.29) is 17.3 Å². The summed E-state index contributed by atoms with van der Waals surface area (Å²) in [5.74, 6) is 0.0854. The van der Waals surface area contributed by atoms with Crippen LogP contribution in [-0.4, -0.2) is 33.4 Å². The minimum Gasteiger partial charge on any atom is -0.507 e. The second kappa shape index (κ2) is 8.79. The summed E-state index contributed by atoms with van der Waals surface area (Å²) in [6, 6.07) is 16.6. The molecule has 0 spiro atoms. The Morgan fingerprint density at radius 1 is 1.14 bits per heavy atom. The van der Waals surface area contributed by atoms with Gasteiger partial charge in [-0.1, -0.05) is 38.1 Å². The van der Waals surface area contributed by atoms with Gasteiger partial charge in [-0.15, -0.1) is 0 Å². The van der Waals surface area contributed by atoms with Crippen molar-refractivity contribution in [1.29, 1.82) is 0 Å². The first-order chi connectivity index (χ1) is 16.8. The first-order valence-corrected chi connectivity index (χ1v) is 11.4. The average molecular weight is 472 g/mol. The number of H-pyrrole nitrogens is 1. The number of benzene rings is 2. The normalized spacial score (nSPS) is 17.6. The highest BCUT2D eigenvalue weighted by Crippen LogP contribution is 2.42. The monoisotopic (exact) mass is 471 g/mol. The van der Waals surface area contributed by atoms with E-state index in [0.717, 1.165) is 0 Å². The Bertz CT molecular complexity index is 1430. The lowest BCUT2D eigenvalue weighted by atomic mass is 9.99. The number of para-hydroxylation sites is 2. The number of carbonyl (C=O) groups is 2. The van der Waals surface area contributed by atoms with E-state index in [9.17, 15) is 14.7 Å². The molecule has 1 unspecified atom stereocenters. The van der Waals surface area contributed by atoms with Crippen molar-refractivity contribution >= 4 is 34.4 Å². The molecule has 4 aromatic rings. The number of aliphatic hydroxyl groups is 1. The van der Waals surface area contributed by atoms with Crippen LogP contribution < -0.4 is 9.64 Å². The van der Waals surface area contributed by atoms with Gasteiger partial charge in [0.1, 0.15) is 29.1 Å². The zero-order valence-corrected chi connectivity index (χ0v) is 19.6. The highest BCUT2D eigenvalue weighted by molar-refractivity contribution is 6.51. The van der Waals surface area contributed by atoms with Gasteiger partial charge in [-0.05, 0) is 49.2 Å². The molecule has 0 aliphatic carbocycles. The molecule has 1 aliphatic heterocycles. The van der Waals surface area contributed by atoms with Gasteiger partial charge in [-0.3, -0.25) is 14.5 Å². The number of ketones is 1. The van der Waals surface area contributed by atoms with E-state index in [1.165, 1.54) is 4.90 Å². The van der Waals surface area contributed by atoms with E-state index < -0.39 is 17.7 Å². The third-order valence-electron chi connectivity index (χ3n) is 5.77. The van der Waals surface area contributed by atoms with Gasteiger partial charge in [-0.25, -0.2) is 4.98 Å². The van der Waals surface area contributed by atoms with E-state index in [2.05, 4.69) is 9.97 Å². The van der Waals surface area contributed by atoms with Gasteiger partial charge in [0.05, 0.1) is 23.2 Å².